The monoisotopic (exact) mass is 252 g/mol. The van der Waals surface area contributed by atoms with Crippen molar-refractivity contribution in [3.05, 3.63) is 29.6 Å². The Hall–Kier alpha value is -1.12. The first-order valence-electron chi connectivity index (χ1n) is 4.58. The summed E-state index contributed by atoms with van der Waals surface area (Å²) in [6.07, 6.45) is -4.48. The lowest BCUT2D eigenvalue weighted by atomic mass is 9.79. The van der Waals surface area contributed by atoms with Gasteiger partial charge >= 0.3 is 13.3 Å². The van der Waals surface area contributed by atoms with E-state index in [-0.39, 0.29) is 11.0 Å². The van der Waals surface area contributed by atoms with Crippen LogP contribution < -0.4 is 5.46 Å². The predicted molar refractivity (Wildman–Crippen MR) is 51.9 cm³/mol. The first kappa shape index (κ1) is 13.9. The maximum absolute atomic E-state index is 13.1. The van der Waals surface area contributed by atoms with Gasteiger partial charge < -0.3 is 14.8 Å². The average molecular weight is 252 g/mol. The Kier molecular flexibility index (Phi) is 4.50. The van der Waals surface area contributed by atoms with E-state index >= 15 is 0 Å². The number of hydrogen-bond acceptors (Lipinski definition) is 3. The van der Waals surface area contributed by atoms with Crippen molar-refractivity contribution >= 4 is 12.6 Å². The lowest BCUT2D eigenvalue weighted by Gasteiger charge is -2.09. The summed E-state index contributed by atoms with van der Waals surface area (Å²) in [5.74, 6) is -0.767. The third-order valence-corrected chi connectivity index (χ3v) is 1.89. The molecule has 0 unspecified atom stereocenters. The van der Waals surface area contributed by atoms with Crippen molar-refractivity contribution in [1.82, 2.24) is 0 Å². The molecule has 0 spiro atoms. The minimum atomic E-state index is -4.48. The molecular formula is C9H9BF4O3. The number of hydrogen-bond donors (Lipinski definition) is 2. The van der Waals surface area contributed by atoms with E-state index in [0.29, 0.717) is 0 Å². The zero-order valence-electron chi connectivity index (χ0n) is 8.54. The molecule has 0 atom stereocenters. The molecule has 3 nitrogen and oxygen atoms in total. The van der Waals surface area contributed by atoms with Crippen LogP contribution in [0.15, 0.2) is 18.2 Å². The molecule has 8 heteroatoms. The van der Waals surface area contributed by atoms with Gasteiger partial charge in [0, 0.05) is 5.56 Å². The van der Waals surface area contributed by atoms with E-state index in [4.69, 9.17) is 10.0 Å². The summed E-state index contributed by atoms with van der Waals surface area (Å²) in [5, 5.41) is 17.6. The van der Waals surface area contributed by atoms with Crippen molar-refractivity contribution in [3.8, 4) is 0 Å². The van der Waals surface area contributed by atoms with E-state index in [1.807, 2.05) is 0 Å². The van der Waals surface area contributed by atoms with Crippen molar-refractivity contribution in [2.24, 2.45) is 0 Å². The molecule has 0 radical (unpaired) electrons. The van der Waals surface area contributed by atoms with Crippen LogP contribution in [0.25, 0.3) is 0 Å². The van der Waals surface area contributed by atoms with Gasteiger partial charge in [-0.05, 0) is 11.5 Å². The normalized spacial score (nSPS) is 11.6. The maximum Gasteiger partial charge on any atom is 0.488 e. The van der Waals surface area contributed by atoms with E-state index in [0.717, 1.165) is 18.2 Å². The van der Waals surface area contributed by atoms with Gasteiger partial charge in [0.15, 0.2) is 0 Å². The largest absolute Gasteiger partial charge is 0.488 e. The molecule has 17 heavy (non-hydrogen) atoms. The molecule has 0 bridgehead atoms. The fourth-order valence-electron chi connectivity index (χ4n) is 1.14. The second-order valence-electron chi connectivity index (χ2n) is 3.33. The molecular weight excluding hydrogens is 243 g/mol. The summed E-state index contributed by atoms with van der Waals surface area (Å²) >= 11 is 0. The highest BCUT2D eigenvalue weighted by Crippen LogP contribution is 2.16. The zero-order chi connectivity index (χ0) is 13.1. The molecule has 1 rings (SSSR count). The second-order valence-corrected chi connectivity index (χ2v) is 3.33. The van der Waals surface area contributed by atoms with Gasteiger partial charge in [-0.15, -0.1) is 0 Å². The van der Waals surface area contributed by atoms with Crippen molar-refractivity contribution in [2.75, 3.05) is 6.61 Å². The third kappa shape index (κ3) is 4.72. The first-order valence-corrected chi connectivity index (χ1v) is 4.58. The molecule has 0 amide bonds. The minimum absolute atomic E-state index is 0.0167. The molecule has 0 aliphatic heterocycles. The highest BCUT2D eigenvalue weighted by molar-refractivity contribution is 6.58. The standard InChI is InChI=1S/C9H9BF4O3/c11-8-2-1-7(10(15)16)3-6(8)4-17-5-9(12,13)14/h1-3,15-16H,4-5H2. The Balaban J connectivity index is 2.67. The molecule has 1 aromatic rings. The Morgan fingerprint density at radius 3 is 2.41 bits per heavy atom. The van der Waals surface area contributed by atoms with Gasteiger partial charge in [0.05, 0.1) is 6.61 Å². The Morgan fingerprint density at radius 1 is 1.24 bits per heavy atom. The van der Waals surface area contributed by atoms with Crippen LogP contribution in [0.5, 0.6) is 0 Å². The van der Waals surface area contributed by atoms with E-state index in [2.05, 4.69) is 4.74 Å². The fraction of sp³-hybridized carbons (Fsp3) is 0.333. The summed E-state index contributed by atoms with van der Waals surface area (Å²) < 4.78 is 52.7. The number of ether oxygens (including phenoxy) is 1. The van der Waals surface area contributed by atoms with Crippen LogP contribution in [0.4, 0.5) is 17.6 Å². The smallest absolute Gasteiger partial charge is 0.423 e. The lowest BCUT2D eigenvalue weighted by Crippen LogP contribution is -2.30. The summed E-state index contributed by atoms with van der Waals surface area (Å²) in [6.45, 7) is -2.08. The second kappa shape index (κ2) is 5.48. The number of benzene rings is 1. The van der Waals surface area contributed by atoms with E-state index in [1.165, 1.54) is 0 Å². The van der Waals surface area contributed by atoms with Gasteiger partial charge in [-0.25, -0.2) is 4.39 Å². The first-order chi connectivity index (χ1) is 7.79. The van der Waals surface area contributed by atoms with Gasteiger partial charge in [-0.2, -0.15) is 13.2 Å². The van der Waals surface area contributed by atoms with Crippen LogP contribution in [0.3, 0.4) is 0 Å². The lowest BCUT2D eigenvalue weighted by molar-refractivity contribution is -0.176. The molecule has 0 saturated carbocycles. The number of alkyl halides is 3. The van der Waals surface area contributed by atoms with Crippen molar-refractivity contribution in [1.29, 1.82) is 0 Å². The zero-order valence-corrected chi connectivity index (χ0v) is 8.54. The van der Waals surface area contributed by atoms with Gasteiger partial charge in [0.2, 0.25) is 0 Å². The summed E-state index contributed by atoms with van der Waals surface area (Å²) in [4.78, 5) is 0. The Morgan fingerprint density at radius 2 is 1.88 bits per heavy atom. The number of rotatable bonds is 4. The molecule has 94 valence electrons. The molecule has 0 heterocycles. The van der Waals surface area contributed by atoms with Gasteiger partial charge in [0.1, 0.15) is 12.4 Å². The van der Waals surface area contributed by atoms with Crippen LogP contribution in [-0.4, -0.2) is 29.9 Å². The van der Waals surface area contributed by atoms with E-state index in [9.17, 15) is 17.6 Å². The van der Waals surface area contributed by atoms with Crippen LogP contribution in [0.1, 0.15) is 5.56 Å². The van der Waals surface area contributed by atoms with Gasteiger partial charge in [0.25, 0.3) is 0 Å². The van der Waals surface area contributed by atoms with Crippen LogP contribution in [0.2, 0.25) is 0 Å². The molecule has 0 saturated heterocycles. The molecule has 0 aliphatic carbocycles. The van der Waals surface area contributed by atoms with E-state index in [1.54, 1.807) is 0 Å². The van der Waals surface area contributed by atoms with Crippen LogP contribution in [0, 0.1) is 5.82 Å². The summed E-state index contributed by atoms with van der Waals surface area (Å²) in [5.41, 5.74) is -0.183. The highest BCUT2D eigenvalue weighted by Gasteiger charge is 2.27. The average Bonchev–Trinajstić information content (AvgIpc) is 2.18. The third-order valence-electron chi connectivity index (χ3n) is 1.89. The minimum Gasteiger partial charge on any atom is -0.423 e. The Labute approximate surface area is 94.8 Å². The SMILES string of the molecule is OB(O)c1ccc(F)c(COCC(F)(F)F)c1. The molecule has 0 aromatic heterocycles. The summed E-state index contributed by atoms with van der Waals surface area (Å²) in [6, 6.07) is 3.09. The summed E-state index contributed by atoms with van der Waals surface area (Å²) in [7, 11) is -1.81. The van der Waals surface area contributed by atoms with Gasteiger partial charge in [-0.3, -0.25) is 0 Å². The van der Waals surface area contributed by atoms with Crippen molar-refractivity contribution < 1.29 is 32.3 Å². The maximum atomic E-state index is 13.1. The quantitative estimate of drug-likeness (QED) is 0.608. The Bertz CT molecular complexity index is 381. The topological polar surface area (TPSA) is 49.7 Å². The fourth-order valence-corrected chi connectivity index (χ4v) is 1.14. The molecule has 0 fully saturated rings. The highest BCUT2D eigenvalue weighted by atomic mass is 19.4. The molecule has 1 aromatic carbocycles. The van der Waals surface area contributed by atoms with Crippen LogP contribution in [-0.2, 0) is 11.3 Å². The van der Waals surface area contributed by atoms with E-state index < -0.39 is 32.3 Å². The molecule has 2 N–H and O–H groups in total. The predicted octanol–water partition coefficient (Wildman–Crippen LogP) is 0.584. The van der Waals surface area contributed by atoms with Crippen LogP contribution >= 0.6 is 0 Å². The molecule has 0 aliphatic rings. The number of halogens is 4. The van der Waals surface area contributed by atoms with Crippen molar-refractivity contribution in [2.45, 2.75) is 12.8 Å². The van der Waals surface area contributed by atoms with Gasteiger partial charge in [-0.1, -0.05) is 12.1 Å². The van der Waals surface area contributed by atoms with Crippen molar-refractivity contribution in [3.63, 3.8) is 0 Å².